The molecule has 0 radical (unpaired) electrons. The number of aryl methyl sites for hydroxylation is 1. The number of unbranched alkanes of at least 4 members (excludes halogenated alkanes) is 1. The Bertz CT molecular complexity index is 1210. The summed E-state index contributed by atoms with van der Waals surface area (Å²) in [4.78, 5) is 43.0. The van der Waals surface area contributed by atoms with Crippen LogP contribution in [0.1, 0.15) is 64.5 Å². The quantitative estimate of drug-likeness (QED) is 0.174. The number of imidazole rings is 1. The molecule has 0 saturated heterocycles. The largest absolute Gasteiger partial charge is 0.478 e. The summed E-state index contributed by atoms with van der Waals surface area (Å²) in [7, 11) is 0. The van der Waals surface area contributed by atoms with Crippen molar-refractivity contribution in [2.24, 2.45) is 0 Å². The molecule has 1 unspecified atom stereocenters. The van der Waals surface area contributed by atoms with Crippen molar-refractivity contribution in [3.63, 3.8) is 0 Å². The first kappa shape index (κ1) is 27.3. The van der Waals surface area contributed by atoms with Crippen molar-refractivity contribution in [3.05, 3.63) is 86.5 Å². The van der Waals surface area contributed by atoms with Crippen LogP contribution in [0, 0.1) is 3.57 Å². The van der Waals surface area contributed by atoms with Crippen LogP contribution in [0.15, 0.2) is 54.7 Å². The fourth-order valence-corrected chi connectivity index (χ4v) is 4.31. The van der Waals surface area contributed by atoms with Gasteiger partial charge in [-0.2, -0.15) is 0 Å². The lowest BCUT2D eigenvalue weighted by Crippen LogP contribution is -2.49. The number of halogens is 1. The van der Waals surface area contributed by atoms with Gasteiger partial charge in [-0.1, -0.05) is 37.6 Å². The average molecular weight is 604 g/mol. The van der Waals surface area contributed by atoms with E-state index in [-0.39, 0.29) is 17.8 Å². The molecule has 0 bridgehead atoms. The van der Waals surface area contributed by atoms with Crippen molar-refractivity contribution >= 4 is 40.5 Å². The van der Waals surface area contributed by atoms with E-state index in [1.165, 1.54) is 18.3 Å². The van der Waals surface area contributed by atoms with E-state index in [0.717, 1.165) is 32.4 Å². The van der Waals surface area contributed by atoms with Gasteiger partial charge in [-0.3, -0.25) is 14.9 Å². The molecular weight excluding hydrogens is 575 g/mol. The number of carbonyl (C=O) groups excluding carboxylic acids is 2. The van der Waals surface area contributed by atoms with E-state index >= 15 is 0 Å². The first-order valence-corrected chi connectivity index (χ1v) is 12.7. The molecule has 3 aromatic rings. The molecule has 2 aromatic carbocycles. The van der Waals surface area contributed by atoms with Crippen LogP contribution >= 0.6 is 22.6 Å². The molecule has 36 heavy (non-hydrogen) atoms. The second kappa shape index (κ2) is 12.6. The number of aromatic carboxylic acids is 1. The van der Waals surface area contributed by atoms with Gasteiger partial charge in [0.25, 0.3) is 5.91 Å². The number of carboxylic acids is 1. The summed E-state index contributed by atoms with van der Waals surface area (Å²) in [6.45, 7) is 4.08. The van der Waals surface area contributed by atoms with Crippen molar-refractivity contribution in [2.45, 2.75) is 52.1 Å². The Balaban J connectivity index is 1.94. The lowest BCUT2D eigenvalue weighted by Gasteiger charge is -2.27. The van der Waals surface area contributed by atoms with E-state index in [9.17, 15) is 24.7 Å². The highest BCUT2D eigenvalue weighted by atomic mass is 127. The zero-order valence-electron chi connectivity index (χ0n) is 20.1. The lowest BCUT2D eigenvalue weighted by molar-refractivity contribution is 0.0668. The fraction of sp³-hybridized carbons (Fsp3) is 0.308. The van der Waals surface area contributed by atoms with Gasteiger partial charge in [0.05, 0.1) is 11.8 Å². The maximum atomic E-state index is 13.7. The van der Waals surface area contributed by atoms with Gasteiger partial charge >= 0.3 is 12.0 Å². The summed E-state index contributed by atoms with van der Waals surface area (Å²) < 4.78 is 2.83. The fourth-order valence-electron chi connectivity index (χ4n) is 3.95. The Kier molecular flexibility index (Phi) is 9.59. The maximum Gasteiger partial charge on any atom is 0.348 e. The molecule has 190 valence electrons. The molecule has 1 atom stereocenters. The van der Waals surface area contributed by atoms with Crippen molar-refractivity contribution in [1.82, 2.24) is 19.9 Å². The van der Waals surface area contributed by atoms with Crippen LogP contribution < -0.4 is 5.48 Å². The van der Waals surface area contributed by atoms with Crippen LogP contribution in [0.3, 0.4) is 0 Å². The SMILES string of the molecule is CCCCc1ncc(C(=O)N(C(=O)NO)C(C)Cc2ccc(I)cc2)n1Cc1ccc(C(=O)O)cc1. The van der Waals surface area contributed by atoms with Crippen LogP contribution in [-0.2, 0) is 19.4 Å². The summed E-state index contributed by atoms with van der Waals surface area (Å²) in [5.74, 6) is -0.912. The minimum atomic E-state index is -1.02. The molecule has 10 heteroatoms. The third-order valence-electron chi connectivity index (χ3n) is 5.87. The molecule has 0 aliphatic carbocycles. The molecular formula is C26H29IN4O5. The number of carboxylic acid groups (broad SMARTS) is 1. The molecule has 0 saturated carbocycles. The number of hydrogen-bond acceptors (Lipinski definition) is 5. The number of nitrogens with one attached hydrogen (secondary N) is 1. The van der Waals surface area contributed by atoms with Gasteiger partial charge in [-0.25, -0.2) is 20.1 Å². The number of carbonyl (C=O) groups is 3. The monoisotopic (exact) mass is 604 g/mol. The van der Waals surface area contributed by atoms with Gasteiger partial charge in [0.2, 0.25) is 0 Å². The predicted molar refractivity (Wildman–Crippen MR) is 142 cm³/mol. The number of nitrogens with zero attached hydrogens (tertiary/aromatic N) is 3. The van der Waals surface area contributed by atoms with Crippen molar-refractivity contribution in [2.75, 3.05) is 0 Å². The Morgan fingerprint density at radius 2 is 1.72 bits per heavy atom. The zero-order chi connectivity index (χ0) is 26.2. The highest BCUT2D eigenvalue weighted by Gasteiger charge is 2.31. The van der Waals surface area contributed by atoms with E-state index < -0.39 is 23.9 Å². The summed E-state index contributed by atoms with van der Waals surface area (Å²) in [5.41, 5.74) is 3.71. The van der Waals surface area contributed by atoms with Crippen molar-refractivity contribution in [1.29, 1.82) is 0 Å². The van der Waals surface area contributed by atoms with Crippen molar-refractivity contribution < 1.29 is 24.7 Å². The van der Waals surface area contributed by atoms with E-state index in [4.69, 9.17) is 0 Å². The van der Waals surface area contributed by atoms with E-state index in [1.54, 1.807) is 29.1 Å². The van der Waals surface area contributed by atoms with E-state index in [2.05, 4.69) is 34.5 Å². The number of hydroxylamine groups is 1. The Morgan fingerprint density at radius 3 is 2.31 bits per heavy atom. The minimum absolute atomic E-state index is 0.169. The number of benzene rings is 2. The van der Waals surface area contributed by atoms with Gasteiger partial charge in [0.15, 0.2) is 0 Å². The number of hydrogen-bond donors (Lipinski definition) is 3. The third-order valence-corrected chi connectivity index (χ3v) is 6.59. The van der Waals surface area contributed by atoms with Gasteiger partial charge in [0, 0.05) is 22.6 Å². The Hall–Kier alpha value is -3.25. The summed E-state index contributed by atoms with van der Waals surface area (Å²) in [5, 5.41) is 18.6. The minimum Gasteiger partial charge on any atom is -0.478 e. The first-order valence-electron chi connectivity index (χ1n) is 11.6. The normalized spacial score (nSPS) is 11.7. The topological polar surface area (TPSA) is 125 Å². The smallest absolute Gasteiger partial charge is 0.348 e. The summed E-state index contributed by atoms with van der Waals surface area (Å²) >= 11 is 2.21. The predicted octanol–water partition coefficient (Wildman–Crippen LogP) is 4.75. The van der Waals surface area contributed by atoms with Gasteiger partial charge in [0.1, 0.15) is 11.5 Å². The summed E-state index contributed by atoms with van der Waals surface area (Å²) in [6.07, 6.45) is 4.31. The van der Waals surface area contributed by atoms with Gasteiger partial charge < -0.3 is 9.67 Å². The molecule has 1 heterocycles. The Morgan fingerprint density at radius 1 is 1.08 bits per heavy atom. The van der Waals surface area contributed by atoms with Crippen LogP contribution in [0.4, 0.5) is 4.79 Å². The highest BCUT2D eigenvalue weighted by Crippen LogP contribution is 2.19. The van der Waals surface area contributed by atoms with E-state index in [1.807, 2.05) is 24.3 Å². The van der Waals surface area contributed by atoms with Gasteiger partial charge in [-0.15, -0.1) is 0 Å². The van der Waals surface area contributed by atoms with Crippen LogP contribution in [0.25, 0.3) is 0 Å². The summed E-state index contributed by atoms with van der Waals surface area (Å²) in [6, 6.07) is 12.7. The number of amides is 3. The second-order valence-corrected chi connectivity index (χ2v) is 9.77. The number of aromatic nitrogens is 2. The maximum absolute atomic E-state index is 13.7. The standard InChI is InChI=1S/C26H29IN4O5/c1-3-4-5-23-28-15-22(30(23)16-19-6-10-20(11-7-19)25(33)34)24(32)31(26(35)29-36)17(2)14-18-8-12-21(27)13-9-18/h6-13,15,17,36H,3-5,14,16H2,1-2H3,(H,29,35)(H,33,34). The number of imide groups is 1. The molecule has 9 nitrogen and oxygen atoms in total. The first-order chi connectivity index (χ1) is 17.2. The molecule has 0 fully saturated rings. The zero-order valence-corrected chi connectivity index (χ0v) is 22.3. The van der Waals surface area contributed by atoms with Crippen LogP contribution in [0.2, 0.25) is 0 Å². The van der Waals surface area contributed by atoms with Crippen LogP contribution in [0.5, 0.6) is 0 Å². The molecule has 1 aromatic heterocycles. The van der Waals surface area contributed by atoms with E-state index in [0.29, 0.717) is 18.7 Å². The van der Waals surface area contributed by atoms with Crippen LogP contribution in [-0.4, -0.2) is 48.7 Å². The molecule has 3 N–H and O–H groups in total. The lowest BCUT2D eigenvalue weighted by atomic mass is 10.1. The highest BCUT2D eigenvalue weighted by molar-refractivity contribution is 14.1. The average Bonchev–Trinajstić information content (AvgIpc) is 3.26. The second-order valence-electron chi connectivity index (χ2n) is 8.52. The molecule has 3 rings (SSSR count). The molecule has 0 spiro atoms. The molecule has 0 aliphatic heterocycles. The molecule has 3 amide bonds. The Labute approximate surface area is 223 Å². The number of urea groups is 1. The molecule has 0 aliphatic rings. The van der Waals surface area contributed by atoms with Crippen molar-refractivity contribution in [3.8, 4) is 0 Å². The number of rotatable bonds is 10. The third kappa shape index (κ3) is 6.70. The van der Waals surface area contributed by atoms with Gasteiger partial charge in [-0.05, 0) is 77.7 Å².